The third-order valence-corrected chi connectivity index (χ3v) is 2.46. The van der Waals surface area contributed by atoms with E-state index >= 15 is 0 Å². The molecule has 2 N–H and O–H groups in total. The van der Waals surface area contributed by atoms with E-state index in [2.05, 4.69) is 31.0 Å². The minimum Gasteiger partial charge on any atom is -0.395 e. The Labute approximate surface area is 97.7 Å². The molecule has 0 aliphatic rings. The van der Waals surface area contributed by atoms with Gasteiger partial charge in [0.25, 0.3) is 0 Å². The Bertz CT molecular complexity index is 348. The summed E-state index contributed by atoms with van der Waals surface area (Å²) in [6.45, 7) is 4.93. The predicted molar refractivity (Wildman–Crippen MR) is 67.0 cm³/mol. The van der Waals surface area contributed by atoms with Crippen LogP contribution >= 0.6 is 0 Å². The van der Waals surface area contributed by atoms with Gasteiger partial charge >= 0.3 is 0 Å². The van der Waals surface area contributed by atoms with Crippen molar-refractivity contribution >= 4 is 0 Å². The topological polar surface area (TPSA) is 32.3 Å². The zero-order chi connectivity index (χ0) is 11.8. The second kappa shape index (κ2) is 7.05. The molecule has 0 radical (unpaired) electrons. The van der Waals surface area contributed by atoms with Gasteiger partial charge in [-0.05, 0) is 18.1 Å². The summed E-state index contributed by atoms with van der Waals surface area (Å²) in [5.74, 6) is 6.54. The summed E-state index contributed by atoms with van der Waals surface area (Å²) in [7, 11) is 0. The number of rotatable bonds is 4. The first-order valence-electron chi connectivity index (χ1n) is 5.62. The molecule has 2 nitrogen and oxygen atoms in total. The van der Waals surface area contributed by atoms with Crippen molar-refractivity contribution in [2.24, 2.45) is 5.92 Å². The van der Waals surface area contributed by atoms with Crippen LogP contribution in [-0.4, -0.2) is 24.3 Å². The number of benzene rings is 1. The molecule has 0 spiro atoms. The lowest BCUT2D eigenvalue weighted by Gasteiger charge is -2.17. The number of nitrogens with one attached hydrogen (secondary N) is 1. The second-order valence-corrected chi connectivity index (χ2v) is 4.08. The summed E-state index contributed by atoms with van der Waals surface area (Å²) in [5.41, 5.74) is 1.02. The van der Waals surface area contributed by atoms with Gasteiger partial charge in [-0.1, -0.05) is 43.9 Å². The maximum absolute atomic E-state index is 9.10. The van der Waals surface area contributed by atoms with Crippen LogP contribution in [0.4, 0.5) is 0 Å². The van der Waals surface area contributed by atoms with Crippen LogP contribution in [0.25, 0.3) is 0 Å². The quantitative estimate of drug-likeness (QED) is 0.752. The Hall–Kier alpha value is -1.30. The third kappa shape index (κ3) is 4.48. The summed E-state index contributed by atoms with van der Waals surface area (Å²) in [5, 5.41) is 12.3. The molecule has 0 aliphatic carbocycles. The molecule has 0 bridgehead atoms. The van der Waals surface area contributed by atoms with Gasteiger partial charge in [-0.25, -0.2) is 0 Å². The molecule has 86 valence electrons. The Morgan fingerprint density at radius 2 is 1.94 bits per heavy atom. The molecule has 0 amide bonds. The minimum absolute atomic E-state index is 0.130. The van der Waals surface area contributed by atoms with Crippen LogP contribution in [0.15, 0.2) is 30.3 Å². The smallest absolute Gasteiger partial charge is 0.0587 e. The molecule has 1 rings (SSSR count). The second-order valence-electron chi connectivity index (χ2n) is 4.08. The predicted octanol–water partition coefficient (Wildman–Crippen LogP) is 1.64. The highest BCUT2D eigenvalue weighted by atomic mass is 16.3. The first-order valence-corrected chi connectivity index (χ1v) is 5.62. The van der Waals surface area contributed by atoms with E-state index in [-0.39, 0.29) is 12.6 Å². The van der Waals surface area contributed by atoms with Crippen molar-refractivity contribution in [2.75, 3.05) is 13.2 Å². The van der Waals surface area contributed by atoms with Crippen LogP contribution in [0.1, 0.15) is 19.4 Å². The van der Waals surface area contributed by atoms with Gasteiger partial charge in [0.2, 0.25) is 0 Å². The highest BCUT2D eigenvalue weighted by Crippen LogP contribution is 1.99. The fraction of sp³-hybridized carbons (Fsp3) is 0.429. The summed E-state index contributed by atoms with van der Waals surface area (Å²) in [6, 6.07) is 10.0. The average Bonchev–Trinajstić information content (AvgIpc) is 2.30. The third-order valence-electron chi connectivity index (χ3n) is 2.46. The molecule has 0 aromatic heterocycles. The summed E-state index contributed by atoms with van der Waals surface area (Å²) >= 11 is 0. The molecule has 0 heterocycles. The van der Waals surface area contributed by atoms with Gasteiger partial charge in [-0.15, -0.1) is 0 Å². The van der Waals surface area contributed by atoms with Crippen molar-refractivity contribution in [1.29, 1.82) is 0 Å². The number of hydrogen-bond donors (Lipinski definition) is 2. The molecule has 1 atom stereocenters. The van der Waals surface area contributed by atoms with E-state index in [1.807, 2.05) is 30.3 Å². The molecular weight excluding hydrogens is 198 g/mol. The van der Waals surface area contributed by atoms with E-state index in [9.17, 15) is 0 Å². The van der Waals surface area contributed by atoms with E-state index in [0.717, 1.165) is 5.56 Å². The summed E-state index contributed by atoms with van der Waals surface area (Å²) < 4.78 is 0. The van der Waals surface area contributed by atoms with Crippen molar-refractivity contribution in [1.82, 2.24) is 5.32 Å². The Morgan fingerprint density at radius 3 is 2.50 bits per heavy atom. The first-order chi connectivity index (χ1) is 7.74. The van der Waals surface area contributed by atoms with Gasteiger partial charge in [0.1, 0.15) is 0 Å². The molecule has 0 saturated carbocycles. The minimum atomic E-state index is 0.130. The van der Waals surface area contributed by atoms with E-state index in [4.69, 9.17) is 5.11 Å². The molecule has 0 saturated heterocycles. The lowest BCUT2D eigenvalue weighted by molar-refractivity contribution is 0.215. The zero-order valence-electron chi connectivity index (χ0n) is 9.90. The van der Waals surface area contributed by atoms with Gasteiger partial charge in [-0.2, -0.15) is 0 Å². The van der Waals surface area contributed by atoms with E-state index in [0.29, 0.717) is 12.5 Å². The maximum atomic E-state index is 9.10. The molecule has 0 unspecified atom stereocenters. The standard InChI is InChI=1S/C14H19NO/c1-12(2)14(11-16)15-10-6-9-13-7-4-3-5-8-13/h3-5,7-8,12,14-16H,10-11H2,1-2H3/t14-/m1/s1. The van der Waals surface area contributed by atoms with Gasteiger partial charge < -0.3 is 10.4 Å². The number of aliphatic hydroxyl groups is 1. The normalized spacial score (nSPS) is 12.0. The molecule has 1 aromatic rings. The van der Waals surface area contributed by atoms with Gasteiger partial charge in [0, 0.05) is 11.6 Å². The highest BCUT2D eigenvalue weighted by Gasteiger charge is 2.09. The van der Waals surface area contributed by atoms with Crippen LogP contribution in [-0.2, 0) is 0 Å². The van der Waals surface area contributed by atoms with E-state index in [1.165, 1.54) is 0 Å². The molecule has 16 heavy (non-hydrogen) atoms. The molecule has 0 fully saturated rings. The number of hydrogen-bond acceptors (Lipinski definition) is 2. The van der Waals surface area contributed by atoms with Crippen molar-refractivity contribution in [3.8, 4) is 11.8 Å². The first kappa shape index (κ1) is 12.8. The fourth-order valence-electron chi connectivity index (χ4n) is 1.36. The average molecular weight is 217 g/mol. The van der Waals surface area contributed by atoms with Gasteiger partial charge in [0.15, 0.2) is 0 Å². The van der Waals surface area contributed by atoms with Crippen molar-refractivity contribution in [2.45, 2.75) is 19.9 Å². The van der Waals surface area contributed by atoms with E-state index in [1.54, 1.807) is 0 Å². The molecule has 1 aromatic carbocycles. The number of aliphatic hydroxyl groups excluding tert-OH is 1. The molecule has 0 aliphatic heterocycles. The van der Waals surface area contributed by atoms with Crippen molar-refractivity contribution in [3.05, 3.63) is 35.9 Å². The Kier molecular flexibility index (Phi) is 5.63. The Morgan fingerprint density at radius 1 is 1.25 bits per heavy atom. The van der Waals surface area contributed by atoms with Crippen molar-refractivity contribution < 1.29 is 5.11 Å². The lowest BCUT2D eigenvalue weighted by Crippen LogP contribution is -2.37. The lowest BCUT2D eigenvalue weighted by atomic mass is 10.1. The van der Waals surface area contributed by atoms with Crippen LogP contribution in [0.2, 0.25) is 0 Å². The van der Waals surface area contributed by atoms with Gasteiger partial charge in [-0.3, -0.25) is 0 Å². The zero-order valence-corrected chi connectivity index (χ0v) is 9.90. The summed E-state index contributed by atoms with van der Waals surface area (Å²) in [6.07, 6.45) is 0. The Balaban J connectivity index is 2.38. The van der Waals surface area contributed by atoms with Crippen LogP contribution in [0.5, 0.6) is 0 Å². The van der Waals surface area contributed by atoms with Crippen molar-refractivity contribution in [3.63, 3.8) is 0 Å². The van der Waals surface area contributed by atoms with Crippen LogP contribution in [0.3, 0.4) is 0 Å². The van der Waals surface area contributed by atoms with E-state index < -0.39 is 0 Å². The SMILES string of the molecule is CC(C)[C@@H](CO)NCC#Cc1ccccc1. The highest BCUT2D eigenvalue weighted by molar-refractivity contribution is 5.33. The summed E-state index contributed by atoms with van der Waals surface area (Å²) in [4.78, 5) is 0. The van der Waals surface area contributed by atoms with Gasteiger partial charge in [0.05, 0.1) is 13.2 Å². The van der Waals surface area contributed by atoms with Crippen LogP contribution in [0, 0.1) is 17.8 Å². The molecular formula is C14H19NO. The maximum Gasteiger partial charge on any atom is 0.0587 e. The molecule has 2 heteroatoms. The largest absolute Gasteiger partial charge is 0.395 e. The van der Waals surface area contributed by atoms with Crippen LogP contribution < -0.4 is 5.32 Å². The monoisotopic (exact) mass is 217 g/mol. The fourth-order valence-corrected chi connectivity index (χ4v) is 1.36.